The van der Waals surface area contributed by atoms with E-state index in [1.54, 1.807) is 0 Å². The summed E-state index contributed by atoms with van der Waals surface area (Å²) in [6, 6.07) is 0. The van der Waals surface area contributed by atoms with Gasteiger partial charge in [0.1, 0.15) is 6.10 Å². The summed E-state index contributed by atoms with van der Waals surface area (Å²) in [5.41, 5.74) is 0. The van der Waals surface area contributed by atoms with Gasteiger partial charge in [-0.2, -0.15) is 0 Å². The van der Waals surface area contributed by atoms with E-state index in [2.05, 4.69) is 12.2 Å². The van der Waals surface area contributed by atoms with Crippen LogP contribution in [0.15, 0.2) is 12.2 Å². The first-order valence-corrected chi connectivity index (χ1v) is 2.67. The summed E-state index contributed by atoms with van der Waals surface area (Å²) in [6.07, 6.45) is 8.39. The molecule has 1 fully saturated rings. The van der Waals surface area contributed by atoms with Gasteiger partial charge in [0.15, 0.2) is 0 Å². The number of ether oxygens (including phenoxy) is 1. The number of allylic oxidation sites excluding steroid dienone is 1. The maximum absolute atomic E-state index is 5.11. The van der Waals surface area contributed by atoms with Crippen LogP contribution in [-0.2, 0) is 4.74 Å². The minimum absolute atomic E-state index is 0.532. The zero-order valence-corrected chi connectivity index (χ0v) is 4.05. The molecule has 2 rings (SSSR count). The highest BCUT2D eigenvalue weighted by molar-refractivity contribution is 5.21. The SMILES string of the molecule is C1=C[C]2OC2CC1. The largest absolute Gasteiger partial charge is 0.358 e. The molecule has 1 aliphatic carbocycles. The molecule has 1 heterocycles. The van der Waals surface area contributed by atoms with Gasteiger partial charge in [-0.25, -0.2) is 0 Å². The molecule has 0 aromatic rings. The van der Waals surface area contributed by atoms with Gasteiger partial charge >= 0.3 is 0 Å². The van der Waals surface area contributed by atoms with Crippen LogP contribution in [0.1, 0.15) is 12.8 Å². The fraction of sp³-hybridized carbons (Fsp3) is 0.500. The Morgan fingerprint density at radius 1 is 1.71 bits per heavy atom. The lowest BCUT2D eigenvalue weighted by molar-refractivity contribution is 0.407. The molecule has 1 saturated heterocycles. The van der Waals surface area contributed by atoms with Crippen molar-refractivity contribution >= 4 is 0 Å². The predicted octanol–water partition coefficient (Wildman–Crippen LogP) is 1.27. The van der Waals surface area contributed by atoms with E-state index in [1.807, 2.05) is 0 Å². The summed E-state index contributed by atoms with van der Waals surface area (Å²) >= 11 is 0. The molecule has 0 aromatic carbocycles. The minimum atomic E-state index is 0.532. The molecule has 7 heavy (non-hydrogen) atoms. The molecule has 0 spiro atoms. The van der Waals surface area contributed by atoms with Crippen LogP contribution < -0.4 is 0 Å². The maximum Gasteiger partial charge on any atom is 0.148 e. The van der Waals surface area contributed by atoms with Gasteiger partial charge in [0.25, 0.3) is 0 Å². The van der Waals surface area contributed by atoms with Crippen LogP contribution in [0.4, 0.5) is 0 Å². The molecular formula is C6H7O. The fourth-order valence-electron chi connectivity index (χ4n) is 0.925. The second-order valence-corrected chi connectivity index (χ2v) is 1.99. The molecule has 1 unspecified atom stereocenters. The number of fused-ring (bicyclic) bond motifs is 1. The normalized spacial score (nSPS) is 38.0. The lowest BCUT2D eigenvalue weighted by atomic mass is 10.1. The van der Waals surface area contributed by atoms with Crippen molar-refractivity contribution in [3.63, 3.8) is 0 Å². The molecule has 0 saturated carbocycles. The number of hydrogen-bond acceptors (Lipinski definition) is 1. The maximum atomic E-state index is 5.11. The quantitative estimate of drug-likeness (QED) is 0.413. The molecule has 0 bridgehead atoms. The lowest BCUT2D eigenvalue weighted by Gasteiger charge is -1.91. The molecule has 37 valence electrons. The van der Waals surface area contributed by atoms with Crippen molar-refractivity contribution in [3.8, 4) is 0 Å². The molecule has 1 nitrogen and oxygen atoms in total. The van der Waals surface area contributed by atoms with Crippen LogP contribution in [0.25, 0.3) is 0 Å². The van der Waals surface area contributed by atoms with Crippen molar-refractivity contribution in [1.29, 1.82) is 0 Å². The predicted molar refractivity (Wildman–Crippen MR) is 26.5 cm³/mol. The van der Waals surface area contributed by atoms with Crippen LogP contribution >= 0.6 is 0 Å². The molecule has 1 heteroatoms. The van der Waals surface area contributed by atoms with Gasteiger partial charge in [-0.1, -0.05) is 12.2 Å². The Kier molecular flexibility index (Phi) is 0.577. The van der Waals surface area contributed by atoms with Gasteiger partial charge in [0.2, 0.25) is 0 Å². The third-order valence-corrected chi connectivity index (χ3v) is 1.42. The minimum Gasteiger partial charge on any atom is -0.358 e. The summed E-state index contributed by atoms with van der Waals surface area (Å²) in [5.74, 6) is 0. The summed E-state index contributed by atoms with van der Waals surface area (Å²) in [7, 11) is 0. The van der Waals surface area contributed by atoms with Gasteiger partial charge in [0, 0.05) is 0 Å². The van der Waals surface area contributed by atoms with E-state index < -0.39 is 0 Å². The van der Waals surface area contributed by atoms with Crippen LogP contribution in [0.5, 0.6) is 0 Å². The van der Waals surface area contributed by atoms with Gasteiger partial charge in [-0.15, -0.1) is 0 Å². The highest BCUT2D eigenvalue weighted by atomic mass is 16.6. The Bertz CT molecular complexity index is 107. The monoisotopic (exact) mass is 95.0 g/mol. The van der Waals surface area contributed by atoms with E-state index in [0.29, 0.717) is 6.10 Å². The van der Waals surface area contributed by atoms with Crippen LogP contribution in [0.3, 0.4) is 0 Å². The number of hydrogen-bond donors (Lipinski definition) is 0. The third-order valence-electron chi connectivity index (χ3n) is 1.42. The summed E-state index contributed by atoms with van der Waals surface area (Å²) in [4.78, 5) is 0. The highest BCUT2D eigenvalue weighted by Crippen LogP contribution is 2.38. The van der Waals surface area contributed by atoms with Crippen LogP contribution in [-0.4, -0.2) is 6.10 Å². The van der Waals surface area contributed by atoms with Crippen LogP contribution in [0, 0.1) is 6.10 Å². The van der Waals surface area contributed by atoms with Gasteiger partial charge in [0.05, 0.1) is 6.10 Å². The third kappa shape index (κ3) is 0.484. The summed E-state index contributed by atoms with van der Waals surface area (Å²) < 4.78 is 5.11. The summed E-state index contributed by atoms with van der Waals surface area (Å²) in [6.45, 7) is 0. The van der Waals surface area contributed by atoms with E-state index in [4.69, 9.17) is 4.74 Å². The zero-order valence-electron chi connectivity index (χ0n) is 4.05. The summed E-state index contributed by atoms with van der Waals surface area (Å²) in [5, 5.41) is 0. The van der Waals surface area contributed by atoms with Crippen molar-refractivity contribution in [2.75, 3.05) is 0 Å². The molecule has 0 amide bonds. The van der Waals surface area contributed by atoms with Crippen molar-refractivity contribution in [2.45, 2.75) is 18.9 Å². The Labute approximate surface area is 43.0 Å². The smallest absolute Gasteiger partial charge is 0.148 e. The highest BCUT2D eigenvalue weighted by Gasteiger charge is 2.38. The average Bonchev–Trinajstić information content (AvgIpc) is 2.41. The van der Waals surface area contributed by atoms with Crippen LogP contribution in [0.2, 0.25) is 0 Å². The first kappa shape index (κ1) is 3.67. The van der Waals surface area contributed by atoms with E-state index in [1.165, 1.54) is 18.9 Å². The average molecular weight is 95.1 g/mol. The lowest BCUT2D eigenvalue weighted by Crippen LogP contribution is -1.88. The van der Waals surface area contributed by atoms with Crippen molar-refractivity contribution in [2.24, 2.45) is 0 Å². The van der Waals surface area contributed by atoms with E-state index >= 15 is 0 Å². The van der Waals surface area contributed by atoms with Crippen molar-refractivity contribution in [1.82, 2.24) is 0 Å². The Morgan fingerprint density at radius 2 is 2.71 bits per heavy atom. The van der Waals surface area contributed by atoms with E-state index in [-0.39, 0.29) is 0 Å². The first-order chi connectivity index (χ1) is 3.47. The second kappa shape index (κ2) is 1.10. The number of rotatable bonds is 0. The van der Waals surface area contributed by atoms with Crippen molar-refractivity contribution in [3.05, 3.63) is 18.3 Å². The fourth-order valence-corrected chi connectivity index (χ4v) is 0.925. The molecule has 1 radical (unpaired) electrons. The van der Waals surface area contributed by atoms with Crippen molar-refractivity contribution < 1.29 is 4.74 Å². The molecular weight excluding hydrogens is 88.1 g/mol. The zero-order chi connectivity index (χ0) is 4.69. The van der Waals surface area contributed by atoms with Gasteiger partial charge in [-0.05, 0) is 12.8 Å². The van der Waals surface area contributed by atoms with Gasteiger partial charge in [-0.3, -0.25) is 0 Å². The Balaban J connectivity index is 2.14. The first-order valence-electron chi connectivity index (χ1n) is 2.67. The van der Waals surface area contributed by atoms with E-state index in [9.17, 15) is 0 Å². The molecule has 2 aliphatic rings. The Morgan fingerprint density at radius 3 is 3.29 bits per heavy atom. The molecule has 0 N–H and O–H groups in total. The second-order valence-electron chi connectivity index (χ2n) is 1.99. The number of epoxide rings is 1. The van der Waals surface area contributed by atoms with E-state index in [0.717, 1.165) is 0 Å². The molecule has 1 aliphatic heterocycles. The Hall–Kier alpha value is -0.300. The van der Waals surface area contributed by atoms with Gasteiger partial charge < -0.3 is 4.74 Å². The standard InChI is InChI=1S/C6H7O/c1-2-4-6-5(3-1)7-6/h1,3,6H,2,4H2. The molecule has 1 atom stereocenters. The topological polar surface area (TPSA) is 12.5 Å². The molecule has 0 aromatic heterocycles.